The number of hydrogen-bond acceptors (Lipinski definition) is 6. The lowest BCUT2D eigenvalue weighted by Crippen LogP contribution is -2.30. The lowest BCUT2D eigenvalue weighted by molar-refractivity contribution is -0.167. The maximum absolute atomic E-state index is 12.8. The summed E-state index contributed by atoms with van der Waals surface area (Å²) in [6.07, 6.45) is 45.2. The van der Waals surface area contributed by atoms with Crippen molar-refractivity contribution in [2.45, 2.75) is 298 Å². The minimum Gasteiger partial charge on any atom is -0.462 e. The van der Waals surface area contributed by atoms with Crippen LogP contribution in [0.2, 0.25) is 0 Å². The maximum atomic E-state index is 12.8. The van der Waals surface area contributed by atoms with Gasteiger partial charge in [-0.05, 0) is 37.0 Å². The Labute approximate surface area is 374 Å². The van der Waals surface area contributed by atoms with Gasteiger partial charge >= 0.3 is 17.9 Å². The van der Waals surface area contributed by atoms with Crippen LogP contribution in [0.4, 0.5) is 0 Å². The molecule has 0 aromatic carbocycles. The lowest BCUT2D eigenvalue weighted by Gasteiger charge is -2.18. The first kappa shape index (κ1) is 58.4. The summed E-state index contributed by atoms with van der Waals surface area (Å²) in [7, 11) is 0. The highest BCUT2D eigenvalue weighted by Gasteiger charge is 2.19. The van der Waals surface area contributed by atoms with Crippen molar-refractivity contribution < 1.29 is 28.6 Å². The number of esters is 3. The van der Waals surface area contributed by atoms with Gasteiger partial charge in [-0.1, -0.05) is 253 Å². The molecule has 0 rings (SSSR count). The number of rotatable bonds is 47. The number of hydrogen-bond donors (Lipinski definition) is 0. The van der Waals surface area contributed by atoms with E-state index in [1.165, 1.54) is 173 Å². The highest BCUT2D eigenvalue weighted by atomic mass is 16.6. The van der Waals surface area contributed by atoms with Crippen LogP contribution in [0.15, 0.2) is 0 Å². The van der Waals surface area contributed by atoms with Crippen molar-refractivity contribution >= 4 is 17.9 Å². The van der Waals surface area contributed by atoms with Crippen molar-refractivity contribution in [1.29, 1.82) is 0 Å². The molecule has 0 saturated carbocycles. The molecule has 0 radical (unpaired) electrons. The topological polar surface area (TPSA) is 78.9 Å². The monoisotopic (exact) mass is 849 g/mol. The lowest BCUT2D eigenvalue weighted by atomic mass is 9.99. The zero-order valence-electron chi connectivity index (χ0n) is 41.3. The number of unbranched alkanes of at least 4 members (excludes halogenated alkanes) is 29. The van der Waals surface area contributed by atoms with Crippen molar-refractivity contribution in [3.05, 3.63) is 0 Å². The van der Waals surface area contributed by atoms with E-state index in [0.29, 0.717) is 19.3 Å². The smallest absolute Gasteiger partial charge is 0.306 e. The van der Waals surface area contributed by atoms with Crippen LogP contribution in [0, 0.1) is 17.8 Å². The van der Waals surface area contributed by atoms with Crippen molar-refractivity contribution in [2.24, 2.45) is 17.8 Å². The van der Waals surface area contributed by atoms with Gasteiger partial charge in [0.2, 0.25) is 0 Å². The molecule has 60 heavy (non-hydrogen) atoms. The molecule has 0 aliphatic carbocycles. The minimum absolute atomic E-state index is 0.0650. The summed E-state index contributed by atoms with van der Waals surface area (Å²) >= 11 is 0. The Morgan fingerprint density at radius 2 is 0.583 bits per heavy atom. The molecular formula is C54H104O6. The molecular weight excluding hydrogens is 745 g/mol. The highest BCUT2D eigenvalue weighted by Crippen LogP contribution is 2.18. The van der Waals surface area contributed by atoms with E-state index in [4.69, 9.17) is 14.2 Å². The van der Waals surface area contributed by atoms with Gasteiger partial charge < -0.3 is 14.2 Å². The molecule has 0 fully saturated rings. The average Bonchev–Trinajstić information content (AvgIpc) is 3.22. The maximum Gasteiger partial charge on any atom is 0.306 e. The Balaban J connectivity index is 4.28. The first-order chi connectivity index (χ1) is 29.1. The Morgan fingerprint density at radius 1 is 0.333 bits per heavy atom. The fourth-order valence-electron chi connectivity index (χ4n) is 8.08. The van der Waals surface area contributed by atoms with Gasteiger partial charge in [-0.2, -0.15) is 0 Å². The zero-order valence-corrected chi connectivity index (χ0v) is 41.3. The molecule has 0 amide bonds. The van der Waals surface area contributed by atoms with Crippen LogP contribution in [-0.4, -0.2) is 37.2 Å². The number of ether oxygens (including phenoxy) is 3. The molecule has 0 spiro atoms. The van der Waals surface area contributed by atoms with Crippen LogP contribution in [-0.2, 0) is 28.6 Å². The van der Waals surface area contributed by atoms with Gasteiger partial charge in [0.25, 0.3) is 0 Å². The van der Waals surface area contributed by atoms with E-state index < -0.39 is 6.10 Å². The third-order valence-electron chi connectivity index (χ3n) is 12.5. The Kier molecular flexibility index (Phi) is 44.2. The molecule has 2 atom stereocenters. The van der Waals surface area contributed by atoms with E-state index >= 15 is 0 Å². The highest BCUT2D eigenvalue weighted by molar-refractivity contribution is 5.71. The second kappa shape index (κ2) is 45.4. The summed E-state index contributed by atoms with van der Waals surface area (Å²) in [6.45, 7) is 13.7. The SMILES string of the molecule is CCC(C)CCCCCCCCCCCCCCCCC(=O)O[C@H](COC(=O)CCCCCCCCCCCCCC(C)C)COC(=O)CCCCCCCCCC(C)C. The molecule has 6 heteroatoms. The van der Waals surface area contributed by atoms with E-state index in [1.54, 1.807) is 0 Å². The van der Waals surface area contributed by atoms with Crippen LogP contribution in [0.3, 0.4) is 0 Å². The van der Waals surface area contributed by atoms with Gasteiger partial charge in [0, 0.05) is 19.3 Å². The summed E-state index contributed by atoms with van der Waals surface area (Å²) < 4.78 is 16.8. The van der Waals surface area contributed by atoms with Crippen LogP contribution < -0.4 is 0 Å². The Bertz CT molecular complexity index is 931. The molecule has 0 aromatic rings. The van der Waals surface area contributed by atoms with Crippen molar-refractivity contribution in [3.8, 4) is 0 Å². The van der Waals surface area contributed by atoms with Crippen LogP contribution in [0.25, 0.3) is 0 Å². The molecule has 356 valence electrons. The predicted octanol–water partition coefficient (Wildman–Crippen LogP) is 17.2. The Morgan fingerprint density at radius 3 is 0.867 bits per heavy atom. The first-order valence-electron chi connectivity index (χ1n) is 26.6. The van der Waals surface area contributed by atoms with E-state index in [0.717, 1.165) is 75.5 Å². The molecule has 1 unspecified atom stereocenters. The largest absolute Gasteiger partial charge is 0.462 e. The molecule has 0 bridgehead atoms. The molecule has 0 aromatic heterocycles. The summed E-state index contributed by atoms with van der Waals surface area (Å²) in [5.41, 5.74) is 0. The molecule has 0 N–H and O–H groups in total. The van der Waals surface area contributed by atoms with Gasteiger partial charge in [0.15, 0.2) is 6.10 Å². The fraction of sp³-hybridized carbons (Fsp3) is 0.944. The summed E-state index contributed by atoms with van der Waals surface area (Å²) in [6, 6.07) is 0. The van der Waals surface area contributed by atoms with Gasteiger partial charge in [-0.15, -0.1) is 0 Å². The molecule has 0 heterocycles. The van der Waals surface area contributed by atoms with Gasteiger partial charge in [0.05, 0.1) is 0 Å². The van der Waals surface area contributed by atoms with Gasteiger partial charge in [-0.3, -0.25) is 14.4 Å². The molecule has 0 aliphatic heterocycles. The van der Waals surface area contributed by atoms with E-state index in [9.17, 15) is 14.4 Å². The second-order valence-electron chi connectivity index (χ2n) is 19.7. The average molecular weight is 849 g/mol. The second-order valence-corrected chi connectivity index (χ2v) is 19.7. The van der Waals surface area contributed by atoms with Crippen LogP contribution in [0.5, 0.6) is 0 Å². The van der Waals surface area contributed by atoms with E-state index in [1.807, 2.05) is 0 Å². The summed E-state index contributed by atoms with van der Waals surface area (Å²) in [4.78, 5) is 37.9. The van der Waals surface area contributed by atoms with Crippen LogP contribution in [0.1, 0.15) is 292 Å². The fourth-order valence-corrected chi connectivity index (χ4v) is 8.08. The molecule has 0 saturated heterocycles. The zero-order chi connectivity index (χ0) is 44.2. The quantitative estimate of drug-likeness (QED) is 0.0345. The summed E-state index contributed by atoms with van der Waals surface area (Å²) in [5, 5.41) is 0. The molecule has 6 nitrogen and oxygen atoms in total. The predicted molar refractivity (Wildman–Crippen MR) is 256 cm³/mol. The van der Waals surface area contributed by atoms with E-state index in [-0.39, 0.29) is 31.1 Å². The van der Waals surface area contributed by atoms with Crippen LogP contribution >= 0.6 is 0 Å². The number of carbonyl (C=O) groups is 3. The third kappa shape index (κ3) is 45.9. The normalized spacial score (nSPS) is 12.6. The third-order valence-corrected chi connectivity index (χ3v) is 12.5. The van der Waals surface area contributed by atoms with Gasteiger partial charge in [0.1, 0.15) is 13.2 Å². The first-order valence-corrected chi connectivity index (χ1v) is 26.6. The van der Waals surface area contributed by atoms with E-state index in [2.05, 4.69) is 41.5 Å². The van der Waals surface area contributed by atoms with Crippen molar-refractivity contribution in [2.75, 3.05) is 13.2 Å². The Hall–Kier alpha value is -1.59. The summed E-state index contributed by atoms with van der Waals surface area (Å²) in [5.74, 6) is 1.65. The van der Waals surface area contributed by atoms with Crippen molar-refractivity contribution in [3.63, 3.8) is 0 Å². The minimum atomic E-state index is -0.763. The standard InChI is InChI=1S/C54H104O6/c1-7-50(6)42-36-30-24-18-14-10-8-9-11-15-20-26-33-39-45-54(57)60-51(47-59-53(56)44-38-32-27-21-23-29-35-41-49(4)5)46-58-52(55)43-37-31-25-19-16-12-13-17-22-28-34-40-48(2)3/h48-51H,7-47H2,1-6H3/t50?,51-/m1/s1. The molecule has 0 aliphatic rings. The van der Waals surface area contributed by atoms with Crippen molar-refractivity contribution in [1.82, 2.24) is 0 Å². The number of carbonyl (C=O) groups excluding carboxylic acids is 3. The van der Waals surface area contributed by atoms with Gasteiger partial charge in [-0.25, -0.2) is 0 Å².